The molecule has 100 valence electrons. The van der Waals surface area contributed by atoms with Crippen LogP contribution in [0.2, 0.25) is 0 Å². The first-order valence-corrected chi connectivity index (χ1v) is 6.34. The number of fused-ring (bicyclic) bond motifs is 1. The van der Waals surface area contributed by atoms with Gasteiger partial charge in [0.05, 0.1) is 23.7 Å². The summed E-state index contributed by atoms with van der Waals surface area (Å²) in [6.45, 7) is 1.90. The molecule has 0 saturated carbocycles. The van der Waals surface area contributed by atoms with E-state index in [9.17, 15) is 4.79 Å². The van der Waals surface area contributed by atoms with Gasteiger partial charge in [0.2, 0.25) is 0 Å². The molecule has 20 heavy (non-hydrogen) atoms. The number of carbonyl (C=O) groups excluding carboxylic acids is 1. The zero-order valence-corrected chi connectivity index (χ0v) is 11.3. The summed E-state index contributed by atoms with van der Waals surface area (Å²) in [6, 6.07) is 13.4. The monoisotopic (exact) mass is 266 g/mol. The number of ether oxygens (including phenoxy) is 1. The molecule has 3 aromatic rings. The van der Waals surface area contributed by atoms with Crippen LogP contribution in [0.3, 0.4) is 0 Å². The number of aromatic nitrogens is 2. The second kappa shape index (κ2) is 4.81. The van der Waals surface area contributed by atoms with Crippen LogP contribution in [-0.2, 0) is 4.74 Å². The van der Waals surface area contributed by atoms with Gasteiger partial charge in [-0.15, -0.1) is 0 Å². The minimum absolute atomic E-state index is 0.333. The highest BCUT2D eigenvalue weighted by Crippen LogP contribution is 2.25. The van der Waals surface area contributed by atoms with Crippen LogP contribution >= 0.6 is 0 Å². The lowest BCUT2D eigenvalue weighted by Gasteiger charge is -2.07. The summed E-state index contributed by atoms with van der Waals surface area (Å²) in [6.07, 6.45) is 0. The number of para-hydroxylation sites is 2. The van der Waals surface area contributed by atoms with Crippen LogP contribution in [0.25, 0.3) is 22.4 Å². The normalized spacial score (nSPS) is 10.7. The smallest absolute Gasteiger partial charge is 0.338 e. The number of nitrogens with zero attached hydrogens (tertiary/aromatic N) is 1. The number of imidazole rings is 1. The molecule has 0 aliphatic rings. The first-order chi connectivity index (χ1) is 9.70. The van der Waals surface area contributed by atoms with E-state index in [2.05, 4.69) is 9.97 Å². The van der Waals surface area contributed by atoms with Crippen LogP contribution in [0.15, 0.2) is 42.5 Å². The van der Waals surface area contributed by atoms with Gasteiger partial charge >= 0.3 is 5.97 Å². The largest absolute Gasteiger partial charge is 0.465 e. The lowest BCUT2D eigenvalue weighted by atomic mass is 10.0. The van der Waals surface area contributed by atoms with Crippen molar-refractivity contribution in [3.05, 3.63) is 53.6 Å². The molecule has 2 aromatic carbocycles. The van der Waals surface area contributed by atoms with E-state index in [0.717, 1.165) is 28.0 Å². The zero-order valence-electron chi connectivity index (χ0n) is 11.3. The van der Waals surface area contributed by atoms with Gasteiger partial charge in [0.15, 0.2) is 0 Å². The zero-order chi connectivity index (χ0) is 14.1. The third-order valence-electron chi connectivity index (χ3n) is 3.38. The van der Waals surface area contributed by atoms with Crippen molar-refractivity contribution in [3.8, 4) is 11.4 Å². The van der Waals surface area contributed by atoms with Crippen LogP contribution in [0.4, 0.5) is 0 Å². The van der Waals surface area contributed by atoms with Crippen LogP contribution in [-0.4, -0.2) is 23.0 Å². The van der Waals surface area contributed by atoms with Gasteiger partial charge in [-0.25, -0.2) is 9.78 Å². The summed E-state index contributed by atoms with van der Waals surface area (Å²) in [5.41, 5.74) is 4.21. The maximum absolute atomic E-state index is 11.7. The highest BCUT2D eigenvalue weighted by molar-refractivity contribution is 5.93. The molecule has 0 atom stereocenters. The molecule has 1 aromatic heterocycles. The highest BCUT2D eigenvalue weighted by Gasteiger charge is 2.14. The van der Waals surface area contributed by atoms with Crippen molar-refractivity contribution < 1.29 is 9.53 Å². The van der Waals surface area contributed by atoms with Crippen molar-refractivity contribution >= 4 is 17.0 Å². The summed E-state index contributed by atoms with van der Waals surface area (Å²) in [5, 5.41) is 0. The number of aromatic amines is 1. The van der Waals surface area contributed by atoms with Gasteiger partial charge in [-0.1, -0.05) is 24.3 Å². The second-order valence-electron chi connectivity index (χ2n) is 4.57. The molecular formula is C16H14N2O2. The Balaban J connectivity index is 2.16. The van der Waals surface area contributed by atoms with Gasteiger partial charge in [-0.05, 0) is 30.7 Å². The molecule has 0 fully saturated rings. The highest BCUT2D eigenvalue weighted by atomic mass is 16.5. The van der Waals surface area contributed by atoms with Crippen molar-refractivity contribution in [1.82, 2.24) is 9.97 Å². The molecule has 3 rings (SSSR count). The van der Waals surface area contributed by atoms with Gasteiger partial charge < -0.3 is 9.72 Å². The average Bonchev–Trinajstić information content (AvgIpc) is 2.90. The van der Waals surface area contributed by atoms with Crippen LogP contribution in [0.5, 0.6) is 0 Å². The van der Waals surface area contributed by atoms with Gasteiger partial charge in [0.25, 0.3) is 0 Å². The minimum atomic E-state index is -0.333. The topological polar surface area (TPSA) is 55.0 Å². The van der Waals surface area contributed by atoms with Crippen molar-refractivity contribution in [3.63, 3.8) is 0 Å². The molecule has 0 unspecified atom stereocenters. The number of hydrogen-bond donors (Lipinski definition) is 1. The van der Waals surface area contributed by atoms with E-state index in [-0.39, 0.29) is 5.97 Å². The fourth-order valence-electron chi connectivity index (χ4n) is 2.30. The number of carbonyl (C=O) groups is 1. The maximum atomic E-state index is 11.7. The number of esters is 1. The molecule has 0 radical (unpaired) electrons. The molecule has 0 bridgehead atoms. The SMILES string of the molecule is COC(=O)c1cccc(-c2nc3ccccc3[nH]2)c1C. The Kier molecular flexibility index (Phi) is 2.99. The quantitative estimate of drug-likeness (QED) is 0.724. The second-order valence-corrected chi connectivity index (χ2v) is 4.57. The third kappa shape index (κ3) is 1.95. The fraction of sp³-hybridized carbons (Fsp3) is 0.125. The number of methoxy groups -OCH3 is 1. The standard InChI is InChI=1S/C16H14N2O2/c1-10-11(6-5-7-12(10)16(19)20-2)15-17-13-8-3-4-9-14(13)18-15/h3-9H,1-2H3,(H,17,18). The minimum Gasteiger partial charge on any atom is -0.465 e. The number of nitrogens with one attached hydrogen (secondary N) is 1. The molecule has 1 N–H and O–H groups in total. The summed E-state index contributed by atoms with van der Waals surface area (Å²) in [7, 11) is 1.38. The number of rotatable bonds is 2. The predicted octanol–water partition coefficient (Wildman–Crippen LogP) is 3.32. The van der Waals surface area contributed by atoms with Gasteiger partial charge in [-0.2, -0.15) is 0 Å². The average molecular weight is 266 g/mol. The Labute approximate surface area is 116 Å². The Morgan fingerprint density at radius 3 is 2.70 bits per heavy atom. The van der Waals surface area contributed by atoms with E-state index in [4.69, 9.17) is 4.74 Å². The number of H-pyrrole nitrogens is 1. The Morgan fingerprint density at radius 2 is 1.95 bits per heavy atom. The lowest BCUT2D eigenvalue weighted by molar-refractivity contribution is 0.0600. The molecule has 0 saturated heterocycles. The van der Waals surface area contributed by atoms with Crippen molar-refractivity contribution in [1.29, 1.82) is 0 Å². The molecule has 4 nitrogen and oxygen atoms in total. The molecule has 0 spiro atoms. The van der Waals surface area contributed by atoms with E-state index in [0.29, 0.717) is 5.56 Å². The van der Waals surface area contributed by atoms with Gasteiger partial charge in [-0.3, -0.25) is 0 Å². The summed E-state index contributed by atoms with van der Waals surface area (Å²) < 4.78 is 4.80. The molecule has 4 heteroatoms. The first-order valence-electron chi connectivity index (χ1n) is 6.34. The van der Waals surface area contributed by atoms with Crippen LogP contribution < -0.4 is 0 Å². The fourth-order valence-corrected chi connectivity index (χ4v) is 2.30. The van der Waals surface area contributed by atoms with Gasteiger partial charge in [0, 0.05) is 5.56 Å². The van der Waals surface area contributed by atoms with Crippen molar-refractivity contribution in [2.75, 3.05) is 7.11 Å². The maximum Gasteiger partial charge on any atom is 0.338 e. The first kappa shape index (κ1) is 12.4. The van der Waals surface area contributed by atoms with Crippen molar-refractivity contribution in [2.24, 2.45) is 0 Å². The summed E-state index contributed by atoms with van der Waals surface area (Å²) in [4.78, 5) is 19.6. The van der Waals surface area contributed by atoms with E-state index >= 15 is 0 Å². The molecule has 0 amide bonds. The van der Waals surface area contributed by atoms with Crippen LogP contribution in [0, 0.1) is 6.92 Å². The van der Waals surface area contributed by atoms with Crippen molar-refractivity contribution in [2.45, 2.75) is 6.92 Å². The molecule has 0 aliphatic carbocycles. The molecular weight excluding hydrogens is 252 g/mol. The third-order valence-corrected chi connectivity index (χ3v) is 3.38. The number of benzene rings is 2. The summed E-state index contributed by atoms with van der Waals surface area (Å²) >= 11 is 0. The van der Waals surface area contributed by atoms with Crippen LogP contribution in [0.1, 0.15) is 15.9 Å². The van der Waals surface area contributed by atoms with Gasteiger partial charge in [0.1, 0.15) is 5.82 Å². The molecule has 0 aliphatic heterocycles. The molecule has 1 heterocycles. The van der Waals surface area contributed by atoms with E-state index in [1.807, 2.05) is 43.3 Å². The Morgan fingerprint density at radius 1 is 1.15 bits per heavy atom. The Hall–Kier alpha value is -2.62. The predicted molar refractivity (Wildman–Crippen MR) is 77.6 cm³/mol. The lowest BCUT2D eigenvalue weighted by Crippen LogP contribution is -2.04. The number of hydrogen-bond acceptors (Lipinski definition) is 3. The van der Waals surface area contributed by atoms with E-state index in [1.54, 1.807) is 6.07 Å². The summed E-state index contributed by atoms with van der Waals surface area (Å²) in [5.74, 6) is 0.426. The Bertz CT molecular complexity index is 757. The van der Waals surface area contributed by atoms with E-state index in [1.165, 1.54) is 7.11 Å². The van der Waals surface area contributed by atoms with E-state index < -0.39 is 0 Å².